The number of nitrogens with one attached hydrogen (secondary N) is 1. The molecule has 1 amide bonds. The molecule has 138 valence electrons. The minimum Gasteiger partial charge on any atom is -0.330 e. The third kappa shape index (κ3) is 3.51. The van der Waals surface area contributed by atoms with Gasteiger partial charge in [0, 0.05) is 38.4 Å². The highest BCUT2D eigenvalue weighted by Crippen LogP contribution is 2.32. The van der Waals surface area contributed by atoms with Gasteiger partial charge in [0.1, 0.15) is 5.82 Å². The first kappa shape index (κ1) is 17.1. The van der Waals surface area contributed by atoms with Gasteiger partial charge in [-0.2, -0.15) is 0 Å². The van der Waals surface area contributed by atoms with Crippen molar-refractivity contribution in [3.8, 4) is 0 Å². The van der Waals surface area contributed by atoms with Crippen molar-refractivity contribution in [3.63, 3.8) is 0 Å². The van der Waals surface area contributed by atoms with Crippen LogP contribution in [0.4, 0.5) is 11.8 Å². The van der Waals surface area contributed by atoms with Gasteiger partial charge in [-0.25, -0.2) is 19.9 Å². The van der Waals surface area contributed by atoms with Crippen LogP contribution in [0.2, 0.25) is 0 Å². The summed E-state index contributed by atoms with van der Waals surface area (Å²) in [6.45, 7) is 2.68. The Bertz CT molecular complexity index is 951. The minimum atomic E-state index is -0.0799. The Morgan fingerprint density at radius 3 is 2.81 bits per heavy atom. The highest BCUT2D eigenvalue weighted by molar-refractivity contribution is 5.91. The zero-order chi connectivity index (χ0) is 18.8. The molecular weight excluding hydrogens is 342 g/mol. The molecule has 3 aromatic rings. The summed E-state index contributed by atoms with van der Waals surface area (Å²) in [7, 11) is 1.83. The molecule has 1 saturated heterocycles. The molecule has 3 aromatic heterocycles. The number of likely N-dealkylation sites (tertiary alicyclic amines) is 1. The van der Waals surface area contributed by atoms with Gasteiger partial charge in [-0.05, 0) is 37.5 Å². The second-order valence-electron chi connectivity index (χ2n) is 6.67. The molecule has 1 fully saturated rings. The van der Waals surface area contributed by atoms with Crippen LogP contribution in [0.25, 0.3) is 0 Å². The number of anilines is 2. The van der Waals surface area contributed by atoms with Crippen molar-refractivity contribution in [2.75, 3.05) is 11.9 Å². The van der Waals surface area contributed by atoms with Gasteiger partial charge in [0.05, 0.1) is 11.7 Å². The SMILES string of the molecule is Cc1ccc(Nc2nccc([C@H]3CCCN3C(=O)c3nccn3C)n2)nc1. The fraction of sp³-hybridized carbons (Fsp3) is 0.316. The van der Waals surface area contributed by atoms with E-state index in [0.717, 1.165) is 24.1 Å². The lowest BCUT2D eigenvalue weighted by atomic mass is 10.1. The van der Waals surface area contributed by atoms with Gasteiger partial charge in [0.25, 0.3) is 5.91 Å². The number of amides is 1. The Kier molecular flexibility index (Phi) is 4.53. The fourth-order valence-corrected chi connectivity index (χ4v) is 3.29. The molecule has 0 unspecified atom stereocenters. The number of hydrogen-bond acceptors (Lipinski definition) is 6. The zero-order valence-corrected chi connectivity index (χ0v) is 15.3. The third-order valence-corrected chi connectivity index (χ3v) is 4.70. The summed E-state index contributed by atoms with van der Waals surface area (Å²) in [5, 5.41) is 3.12. The van der Waals surface area contributed by atoms with Crippen molar-refractivity contribution >= 4 is 17.7 Å². The smallest absolute Gasteiger partial charge is 0.290 e. The molecule has 1 atom stereocenters. The molecule has 0 radical (unpaired) electrons. The number of carbonyl (C=O) groups is 1. The van der Waals surface area contributed by atoms with Gasteiger partial charge in [-0.1, -0.05) is 6.07 Å². The molecule has 0 bridgehead atoms. The Morgan fingerprint density at radius 2 is 2.07 bits per heavy atom. The molecule has 27 heavy (non-hydrogen) atoms. The van der Waals surface area contributed by atoms with Crippen molar-refractivity contribution in [2.45, 2.75) is 25.8 Å². The van der Waals surface area contributed by atoms with Gasteiger partial charge in [-0.15, -0.1) is 0 Å². The average Bonchev–Trinajstić information content (AvgIpc) is 3.32. The van der Waals surface area contributed by atoms with E-state index < -0.39 is 0 Å². The maximum Gasteiger partial charge on any atom is 0.290 e. The standard InChI is InChI=1S/C19H21N7O/c1-13-5-6-16(22-12-13)24-19-21-8-7-14(23-19)15-4-3-10-26(15)18(27)17-20-9-11-25(17)2/h5-9,11-12,15H,3-4,10H2,1-2H3,(H,21,22,23,24)/t15-/m1/s1. The average molecular weight is 363 g/mol. The first-order chi connectivity index (χ1) is 13.1. The van der Waals surface area contributed by atoms with Gasteiger partial charge < -0.3 is 14.8 Å². The van der Waals surface area contributed by atoms with Crippen LogP contribution in [0.3, 0.4) is 0 Å². The normalized spacial score (nSPS) is 16.5. The fourth-order valence-electron chi connectivity index (χ4n) is 3.29. The lowest BCUT2D eigenvalue weighted by Gasteiger charge is -2.24. The largest absolute Gasteiger partial charge is 0.330 e. The summed E-state index contributed by atoms with van der Waals surface area (Å²) in [5.41, 5.74) is 1.91. The predicted octanol–water partition coefficient (Wildman–Crippen LogP) is 2.63. The van der Waals surface area contributed by atoms with E-state index in [1.54, 1.807) is 29.4 Å². The molecule has 8 nitrogen and oxygen atoms in total. The van der Waals surface area contributed by atoms with Crippen molar-refractivity contribution in [2.24, 2.45) is 7.05 Å². The summed E-state index contributed by atoms with van der Waals surface area (Å²) >= 11 is 0. The van der Waals surface area contributed by atoms with E-state index in [2.05, 4.69) is 25.3 Å². The first-order valence-corrected chi connectivity index (χ1v) is 8.93. The molecule has 1 aliphatic rings. The Morgan fingerprint density at radius 1 is 1.19 bits per heavy atom. The monoisotopic (exact) mass is 363 g/mol. The molecule has 4 rings (SSSR count). The first-order valence-electron chi connectivity index (χ1n) is 8.93. The molecule has 1 N–H and O–H groups in total. The molecule has 0 aromatic carbocycles. The zero-order valence-electron chi connectivity index (χ0n) is 15.3. The number of aryl methyl sites for hydroxylation is 2. The van der Waals surface area contributed by atoms with Gasteiger partial charge in [0.15, 0.2) is 5.82 Å². The van der Waals surface area contributed by atoms with Crippen molar-refractivity contribution < 1.29 is 4.79 Å². The molecule has 0 aliphatic carbocycles. The maximum atomic E-state index is 12.9. The van der Waals surface area contributed by atoms with Gasteiger partial charge in [-0.3, -0.25) is 4.79 Å². The minimum absolute atomic E-state index is 0.0710. The van der Waals surface area contributed by atoms with E-state index in [-0.39, 0.29) is 11.9 Å². The lowest BCUT2D eigenvalue weighted by molar-refractivity contribution is 0.0717. The molecule has 4 heterocycles. The predicted molar refractivity (Wildman–Crippen MR) is 101 cm³/mol. The second kappa shape index (κ2) is 7.14. The number of hydrogen-bond donors (Lipinski definition) is 1. The van der Waals surface area contributed by atoms with E-state index in [9.17, 15) is 4.79 Å². The van der Waals surface area contributed by atoms with E-state index in [4.69, 9.17) is 0 Å². The van der Waals surface area contributed by atoms with Crippen molar-refractivity contribution in [3.05, 3.63) is 60.1 Å². The van der Waals surface area contributed by atoms with E-state index >= 15 is 0 Å². The maximum absolute atomic E-state index is 12.9. The van der Waals surface area contributed by atoms with Crippen LogP contribution in [-0.4, -0.2) is 41.9 Å². The van der Waals surface area contributed by atoms with Gasteiger partial charge in [0.2, 0.25) is 5.95 Å². The summed E-state index contributed by atoms with van der Waals surface area (Å²) in [5.74, 6) is 1.53. The number of rotatable bonds is 4. The van der Waals surface area contributed by atoms with Crippen molar-refractivity contribution in [1.82, 2.24) is 29.4 Å². The van der Waals surface area contributed by atoms with E-state index in [1.165, 1.54) is 0 Å². The van der Waals surface area contributed by atoms with Crippen LogP contribution < -0.4 is 5.32 Å². The summed E-state index contributed by atoms with van der Waals surface area (Å²) in [4.78, 5) is 32.2. The Hall–Kier alpha value is -3.29. The number of nitrogens with zero attached hydrogens (tertiary/aromatic N) is 6. The quantitative estimate of drug-likeness (QED) is 0.766. The summed E-state index contributed by atoms with van der Waals surface area (Å²) in [6, 6.07) is 5.65. The van der Waals surface area contributed by atoms with Crippen LogP contribution in [0, 0.1) is 6.92 Å². The third-order valence-electron chi connectivity index (χ3n) is 4.70. The van der Waals surface area contributed by atoms with Crippen LogP contribution in [0.15, 0.2) is 43.0 Å². The number of pyridine rings is 1. The van der Waals surface area contributed by atoms with Crippen LogP contribution in [-0.2, 0) is 7.05 Å². The summed E-state index contributed by atoms with van der Waals surface area (Å²) in [6.07, 6.45) is 8.72. The Balaban J connectivity index is 1.56. The lowest BCUT2D eigenvalue weighted by Crippen LogP contribution is -2.32. The number of aromatic nitrogens is 5. The molecule has 8 heteroatoms. The highest BCUT2D eigenvalue weighted by atomic mass is 16.2. The van der Waals surface area contributed by atoms with Crippen LogP contribution in [0.5, 0.6) is 0 Å². The number of imidazole rings is 1. The van der Waals surface area contributed by atoms with Crippen LogP contribution >= 0.6 is 0 Å². The van der Waals surface area contributed by atoms with E-state index in [1.807, 2.05) is 37.1 Å². The van der Waals surface area contributed by atoms with E-state index in [0.29, 0.717) is 24.1 Å². The van der Waals surface area contributed by atoms with Crippen LogP contribution in [0.1, 0.15) is 40.8 Å². The Labute approximate surface area is 157 Å². The van der Waals surface area contributed by atoms with Crippen molar-refractivity contribution in [1.29, 1.82) is 0 Å². The molecule has 1 aliphatic heterocycles. The number of carbonyl (C=O) groups excluding carboxylic acids is 1. The highest BCUT2D eigenvalue weighted by Gasteiger charge is 2.33. The molecule has 0 saturated carbocycles. The molecule has 0 spiro atoms. The molecular formula is C19H21N7O. The topological polar surface area (TPSA) is 88.8 Å². The summed E-state index contributed by atoms with van der Waals surface area (Å²) < 4.78 is 1.74. The van der Waals surface area contributed by atoms with Gasteiger partial charge >= 0.3 is 0 Å². The second-order valence-corrected chi connectivity index (χ2v) is 6.67.